The number of halogens is 1. The van der Waals surface area contributed by atoms with Crippen LogP contribution in [0, 0.1) is 24.6 Å². The van der Waals surface area contributed by atoms with E-state index in [4.69, 9.17) is 0 Å². The Kier molecular flexibility index (Phi) is 9.49. The molecule has 4 rings (SSSR count). The average Bonchev–Trinajstić information content (AvgIpc) is 3.28. The van der Waals surface area contributed by atoms with Crippen LogP contribution < -0.4 is 0 Å². The third-order valence-corrected chi connectivity index (χ3v) is 5.87. The van der Waals surface area contributed by atoms with Gasteiger partial charge in [-0.1, -0.05) is 50.6 Å². The molecule has 1 saturated carbocycles. The summed E-state index contributed by atoms with van der Waals surface area (Å²) < 4.78 is 13.5. The fraction of sp³-hybridized carbons (Fsp3) is 0.500. The highest BCUT2D eigenvalue weighted by molar-refractivity contribution is 7.80. The van der Waals surface area contributed by atoms with Gasteiger partial charge in [-0.2, -0.15) is 0 Å². The van der Waals surface area contributed by atoms with Crippen molar-refractivity contribution in [3.05, 3.63) is 65.5 Å². The molecular formula is C24H34FNOS. The maximum absolute atomic E-state index is 13.5. The zero-order valence-corrected chi connectivity index (χ0v) is 18.2. The minimum Gasteiger partial charge on any atom is -0.387 e. The van der Waals surface area contributed by atoms with E-state index in [1.807, 2.05) is 50.2 Å². The van der Waals surface area contributed by atoms with Gasteiger partial charge in [0.15, 0.2) is 0 Å². The van der Waals surface area contributed by atoms with E-state index < -0.39 is 6.10 Å². The number of benzene rings is 2. The summed E-state index contributed by atoms with van der Waals surface area (Å²) in [5, 5.41) is 10.3. The first kappa shape index (κ1) is 22.9. The number of fused-ring (bicyclic) bond motifs is 1. The molecule has 4 heteroatoms. The molecule has 2 aromatic rings. The molecule has 2 fully saturated rings. The second-order valence-corrected chi connectivity index (χ2v) is 8.05. The molecular weight excluding hydrogens is 369 g/mol. The van der Waals surface area contributed by atoms with E-state index in [0.717, 1.165) is 29.8 Å². The Balaban J connectivity index is 0.000000261. The lowest BCUT2D eigenvalue weighted by Gasteiger charge is -2.21. The van der Waals surface area contributed by atoms with Crippen LogP contribution in [0.2, 0.25) is 0 Å². The molecule has 0 spiro atoms. The second kappa shape index (κ2) is 11.6. The molecule has 1 unspecified atom stereocenters. The summed E-state index contributed by atoms with van der Waals surface area (Å²) in [5.41, 5.74) is 1.33. The van der Waals surface area contributed by atoms with Crippen LogP contribution in [0.1, 0.15) is 50.3 Å². The van der Waals surface area contributed by atoms with Gasteiger partial charge in [0, 0.05) is 24.5 Å². The van der Waals surface area contributed by atoms with Gasteiger partial charge in [-0.3, -0.25) is 4.90 Å². The lowest BCUT2D eigenvalue weighted by molar-refractivity contribution is 0.121. The number of likely N-dealkylation sites (tertiary alicyclic amines) is 1. The predicted octanol–water partition coefficient (Wildman–Crippen LogP) is 5.90. The van der Waals surface area contributed by atoms with E-state index in [-0.39, 0.29) is 5.82 Å². The van der Waals surface area contributed by atoms with Crippen LogP contribution >= 0.6 is 12.6 Å². The number of thiol groups is 1. The van der Waals surface area contributed by atoms with E-state index in [1.165, 1.54) is 25.3 Å². The number of aryl methyl sites for hydroxylation is 1. The highest BCUT2D eigenvalue weighted by atomic mass is 32.1. The van der Waals surface area contributed by atoms with Gasteiger partial charge in [0.25, 0.3) is 0 Å². The summed E-state index contributed by atoms with van der Waals surface area (Å²) in [6.45, 7) is 8.59. The number of β-amino-alcohol motifs (C(OH)–C–C–N with tert-alkyl or cyclic N) is 1. The molecule has 1 aliphatic heterocycles. The zero-order valence-electron chi connectivity index (χ0n) is 17.3. The van der Waals surface area contributed by atoms with Gasteiger partial charge in [-0.15, -0.1) is 12.6 Å². The molecule has 1 heterocycles. The fourth-order valence-electron chi connectivity index (χ4n) is 4.08. The van der Waals surface area contributed by atoms with E-state index >= 15 is 0 Å². The zero-order chi connectivity index (χ0) is 20.5. The molecule has 1 aliphatic carbocycles. The summed E-state index contributed by atoms with van der Waals surface area (Å²) in [6, 6.07) is 14.8. The number of aliphatic hydroxyl groups excluding tert-OH is 1. The van der Waals surface area contributed by atoms with E-state index in [0.29, 0.717) is 17.7 Å². The molecule has 0 amide bonds. The van der Waals surface area contributed by atoms with Crippen molar-refractivity contribution in [2.45, 2.75) is 51.0 Å². The van der Waals surface area contributed by atoms with Crippen molar-refractivity contribution >= 4 is 12.6 Å². The van der Waals surface area contributed by atoms with Gasteiger partial charge in [0.1, 0.15) is 5.82 Å². The Labute approximate surface area is 175 Å². The molecule has 1 saturated heterocycles. The van der Waals surface area contributed by atoms with Crippen LogP contribution in [0.5, 0.6) is 0 Å². The Morgan fingerprint density at radius 1 is 1.07 bits per heavy atom. The lowest BCUT2D eigenvalue weighted by atomic mass is 10.0. The molecule has 3 atom stereocenters. The molecule has 0 bridgehead atoms. The molecule has 28 heavy (non-hydrogen) atoms. The van der Waals surface area contributed by atoms with E-state index in [2.05, 4.69) is 17.5 Å². The Morgan fingerprint density at radius 3 is 2.18 bits per heavy atom. The molecule has 0 radical (unpaired) electrons. The van der Waals surface area contributed by atoms with Gasteiger partial charge in [-0.05, 0) is 60.9 Å². The second-order valence-electron chi connectivity index (χ2n) is 7.53. The normalized spacial score (nSPS) is 21.8. The van der Waals surface area contributed by atoms with E-state index in [9.17, 15) is 9.50 Å². The van der Waals surface area contributed by atoms with Crippen molar-refractivity contribution in [3.63, 3.8) is 0 Å². The van der Waals surface area contributed by atoms with Gasteiger partial charge in [-0.25, -0.2) is 4.39 Å². The largest absolute Gasteiger partial charge is 0.387 e. The maximum atomic E-state index is 13.5. The Hall–Kier alpha value is -1.36. The minimum absolute atomic E-state index is 0.227. The molecule has 2 aliphatic rings. The SMILES string of the molecule is CC.Cc1ccc(C(O)CN2C[C@H]3CCC[C@H]3C2)cc1F.Sc1ccccc1. The van der Waals surface area contributed by atoms with Crippen molar-refractivity contribution in [3.8, 4) is 0 Å². The topological polar surface area (TPSA) is 23.5 Å². The first-order chi connectivity index (χ1) is 13.5. The third-order valence-electron chi connectivity index (χ3n) is 5.57. The molecule has 2 aromatic carbocycles. The van der Waals surface area contributed by atoms with Crippen molar-refractivity contribution in [2.24, 2.45) is 11.8 Å². The number of hydrogen-bond acceptors (Lipinski definition) is 3. The summed E-state index contributed by atoms with van der Waals surface area (Å²) in [4.78, 5) is 3.36. The summed E-state index contributed by atoms with van der Waals surface area (Å²) in [6.07, 6.45) is 3.48. The summed E-state index contributed by atoms with van der Waals surface area (Å²) in [5.74, 6) is 1.44. The van der Waals surface area contributed by atoms with Gasteiger partial charge < -0.3 is 5.11 Å². The van der Waals surface area contributed by atoms with Crippen LogP contribution in [0.4, 0.5) is 4.39 Å². The first-order valence-electron chi connectivity index (χ1n) is 10.4. The van der Waals surface area contributed by atoms with Crippen molar-refractivity contribution < 1.29 is 9.50 Å². The monoisotopic (exact) mass is 403 g/mol. The van der Waals surface area contributed by atoms with Crippen molar-refractivity contribution in [1.29, 1.82) is 0 Å². The van der Waals surface area contributed by atoms with Gasteiger partial charge in [0.2, 0.25) is 0 Å². The number of nitrogens with zero attached hydrogens (tertiary/aromatic N) is 1. The Morgan fingerprint density at radius 2 is 1.68 bits per heavy atom. The fourth-order valence-corrected chi connectivity index (χ4v) is 4.25. The van der Waals surface area contributed by atoms with Crippen LogP contribution in [0.25, 0.3) is 0 Å². The Bertz CT molecular complexity index is 697. The van der Waals surface area contributed by atoms with Crippen LogP contribution in [0.3, 0.4) is 0 Å². The lowest BCUT2D eigenvalue weighted by Crippen LogP contribution is -2.27. The number of hydrogen-bond donors (Lipinski definition) is 2. The minimum atomic E-state index is -0.575. The standard InChI is InChI=1S/C16H22FNO.C6H6S.C2H6/c1-11-5-6-12(7-15(11)17)16(19)10-18-8-13-3-2-4-14(13)9-18;7-6-4-2-1-3-5-6;1-2/h5-7,13-14,16,19H,2-4,8-10H2,1H3;1-5,7H;1-2H3/t13-,14+,16?;;. The maximum Gasteiger partial charge on any atom is 0.126 e. The summed E-state index contributed by atoms with van der Waals surface area (Å²) in [7, 11) is 0. The molecule has 0 aromatic heterocycles. The highest BCUT2D eigenvalue weighted by Crippen LogP contribution is 2.38. The molecule has 2 nitrogen and oxygen atoms in total. The number of aliphatic hydroxyl groups is 1. The quantitative estimate of drug-likeness (QED) is 0.623. The summed E-state index contributed by atoms with van der Waals surface area (Å²) >= 11 is 4.08. The van der Waals surface area contributed by atoms with Gasteiger partial charge in [0.05, 0.1) is 6.10 Å². The molecule has 154 valence electrons. The van der Waals surface area contributed by atoms with Crippen molar-refractivity contribution in [2.75, 3.05) is 19.6 Å². The van der Waals surface area contributed by atoms with Gasteiger partial charge >= 0.3 is 0 Å². The smallest absolute Gasteiger partial charge is 0.126 e. The predicted molar refractivity (Wildman–Crippen MR) is 118 cm³/mol. The van der Waals surface area contributed by atoms with Crippen molar-refractivity contribution in [1.82, 2.24) is 4.90 Å². The first-order valence-corrected chi connectivity index (χ1v) is 10.9. The van der Waals surface area contributed by atoms with Crippen LogP contribution in [0.15, 0.2) is 53.4 Å². The number of rotatable bonds is 3. The highest BCUT2D eigenvalue weighted by Gasteiger charge is 2.36. The van der Waals surface area contributed by atoms with Crippen LogP contribution in [-0.4, -0.2) is 29.6 Å². The van der Waals surface area contributed by atoms with Crippen LogP contribution in [-0.2, 0) is 0 Å². The average molecular weight is 404 g/mol. The van der Waals surface area contributed by atoms with E-state index in [1.54, 1.807) is 13.0 Å². The molecule has 1 N–H and O–H groups in total. The third kappa shape index (κ3) is 6.61.